The lowest BCUT2D eigenvalue weighted by molar-refractivity contribution is 0.102. The average molecular weight is 330 g/mol. The highest BCUT2D eigenvalue weighted by molar-refractivity contribution is 6.31. The van der Waals surface area contributed by atoms with E-state index in [1.807, 2.05) is 32.2 Å². The van der Waals surface area contributed by atoms with Crippen LogP contribution < -0.4 is 10.1 Å². The normalized spacial score (nSPS) is 10.8. The van der Waals surface area contributed by atoms with Crippen molar-refractivity contribution in [1.29, 1.82) is 0 Å². The van der Waals surface area contributed by atoms with Crippen molar-refractivity contribution in [3.05, 3.63) is 58.5 Å². The first-order valence-corrected chi connectivity index (χ1v) is 7.48. The number of rotatable bonds is 3. The topological polar surface area (TPSA) is 55.6 Å². The number of ether oxygens (including phenoxy) is 1. The number of nitrogens with one attached hydrogen (secondary N) is 1. The molecular weight excluding hydrogens is 314 g/mol. The highest BCUT2D eigenvalue weighted by Crippen LogP contribution is 2.28. The van der Waals surface area contributed by atoms with Crippen LogP contribution in [0.3, 0.4) is 0 Å². The molecule has 0 aliphatic rings. The third-order valence-corrected chi connectivity index (χ3v) is 3.88. The maximum absolute atomic E-state index is 12.7. The number of imidazole rings is 1. The van der Waals surface area contributed by atoms with Gasteiger partial charge in [-0.25, -0.2) is 4.98 Å². The van der Waals surface area contributed by atoms with Crippen molar-refractivity contribution in [2.24, 2.45) is 0 Å². The summed E-state index contributed by atoms with van der Waals surface area (Å²) in [6.45, 7) is 3.78. The Labute approximate surface area is 138 Å². The third kappa shape index (κ3) is 2.75. The smallest absolute Gasteiger partial charge is 0.274 e. The van der Waals surface area contributed by atoms with E-state index in [9.17, 15) is 4.79 Å². The fraction of sp³-hybridized carbons (Fsp3) is 0.176. The van der Waals surface area contributed by atoms with Gasteiger partial charge in [0.2, 0.25) is 0 Å². The number of nitrogens with zero attached hydrogens (tertiary/aromatic N) is 2. The van der Waals surface area contributed by atoms with Gasteiger partial charge in [-0.1, -0.05) is 17.7 Å². The molecule has 2 aromatic heterocycles. The van der Waals surface area contributed by atoms with Crippen LogP contribution in [-0.2, 0) is 0 Å². The second-order valence-corrected chi connectivity index (χ2v) is 5.67. The van der Waals surface area contributed by atoms with Gasteiger partial charge in [-0.2, -0.15) is 0 Å². The second-order valence-electron chi connectivity index (χ2n) is 5.23. The molecule has 0 spiro atoms. The minimum absolute atomic E-state index is 0.263. The zero-order chi connectivity index (χ0) is 16.6. The van der Waals surface area contributed by atoms with Gasteiger partial charge in [0, 0.05) is 11.2 Å². The maximum atomic E-state index is 12.7. The van der Waals surface area contributed by atoms with Gasteiger partial charge in [0.25, 0.3) is 5.91 Å². The van der Waals surface area contributed by atoms with Crippen molar-refractivity contribution in [3.63, 3.8) is 0 Å². The Hall–Kier alpha value is -2.53. The highest BCUT2D eigenvalue weighted by Gasteiger charge is 2.18. The van der Waals surface area contributed by atoms with E-state index in [1.54, 1.807) is 29.7 Å². The van der Waals surface area contributed by atoms with E-state index in [4.69, 9.17) is 16.3 Å². The van der Waals surface area contributed by atoms with Gasteiger partial charge < -0.3 is 10.1 Å². The van der Waals surface area contributed by atoms with E-state index in [1.165, 1.54) is 0 Å². The van der Waals surface area contributed by atoms with Crippen LogP contribution in [0, 0.1) is 13.8 Å². The summed E-state index contributed by atoms with van der Waals surface area (Å²) in [5.74, 6) is 0.284. The highest BCUT2D eigenvalue weighted by atomic mass is 35.5. The van der Waals surface area contributed by atoms with Gasteiger partial charge in [-0.15, -0.1) is 0 Å². The molecule has 3 aromatic rings. The molecule has 0 radical (unpaired) electrons. The van der Waals surface area contributed by atoms with Crippen molar-refractivity contribution in [2.45, 2.75) is 13.8 Å². The number of halogens is 1. The first-order valence-electron chi connectivity index (χ1n) is 7.10. The van der Waals surface area contributed by atoms with E-state index < -0.39 is 0 Å². The Kier molecular flexibility index (Phi) is 3.96. The third-order valence-electron chi connectivity index (χ3n) is 3.64. The number of amides is 1. The van der Waals surface area contributed by atoms with Crippen molar-refractivity contribution in [2.75, 3.05) is 12.4 Å². The lowest BCUT2D eigenvalue weighted by Gasteiger charge is -2.11. The molecule has 0 aliphatic heterocycles. The number of carbonyl (C=O) groups excluding carboxylic acids is 1. The summed E-state index contributed by atoms with van der Waals surface area (Å²) in [7, 11) is 1.54. The second kappa shape index (κ2) is 5.93. The van der Waals surface area contributed by atoms with Crippen LogP contribution >= 0.6 is 11.6 Å². The summed E-state index contributed by atoms with van der Waals surface area (Å²) < 4.78 is 7.05. The number of carbonyl (C=O) groups is 1. The molecule has 0 fully saturated rings. The van der Waals surface area contributed by atoms with Crippen LogP contribution in [0.5, 0.6) is 5.75 Å². The molecule has 1 N–H and O–H groups in total. The number of hydrogen-bond donors (Lipinski definition) is 1. The number of aryl methyl sites for hydroxylation is 2. The zero-order valence-electron chi connectivity index (χ0n) is 13.1. The van der Waals surface area contributed by atoms with Gasteiger partial charge in [-0.05, 0) is 43.7 Å². The summed E-state index contributed by atoms with van der Waals surface area (Å²) in [6, 6.07) is 8.92. The Balaban J connectivity index is 2.04. The van der Waals surface area contributed by atoms with Gasteiger partial charge in [0.15, 0.2) is 0 Å². The maximum Gasteiger partial charge on any atom is 0.274 e. The molecule has 0 aliphatic carbocycles. The van der Waals surface area contributed by atoms with Crippen molar-refractivity contribution in [3.8, 4) is 5.75 Å². The number of methoxy groups -OCH3 is 1. The molecule has 1 aromatic carbocycles. The lowest BCUT2D eigenvalue weighted by Crippen LogP contribution is -2.16. The molecule has 0 unspecified atom stereocenters. The Morgan fingerprint density at radius 2 is 2.09 bits per heavy atom. The lowest BCUT2D eigenvalue weighted by atomic mass is 10.2. The van der Waals surface area contributed by atoms with Gasteiger partial charge in [0.1, 0.15) is 17.1 Å². The minimum Gasteiger partial charge on any atom is -0.495 e. The quantitative estimate of drug-likeness (QED) is 0.793. The fourth-order valence-corrected chi connectivity index (χ4v) is 2.72. The van der Waals surface area contributed by atoms with E-state index in [-0.39, 0.29) is 5.91 Å². The number of benzene rings is 1. The van der Waals surface area contributed by atoms with Crippen LogP contribution in [0.2, 0.25) is 5.02 Å². The molecule has 6 heteroatoms. The molecule has 0 bridgehead atoms. The van der Waals surface area contributed by atoms with E-state index in [0.717, 1.165) is 11.2 Å². The molecule has 118 valence electrons. The number of pyridine rings is 1. The average Bonchev–Trinajstić information content (AvgIpc) is 2.85. The summed E-state index contributed by atoms with van der Waals surface area (Å²) in [5.41, 5.74) is 3.46. The van der Waals surface area contributed by atoms with Crippen molar-refractivity contribution >= 4 is 28.8 Å². The summed E-state index contributed by atoms with van der Waals surface area (Å²) in [5, 5.41) is 3.37. The molecule has 2 heterocycles. The summed E-state index contributed by atoms with van der Waals surface area (Å²) >= 11 is 6.00. The summed E-state index contributed by atoms with van der Waals surface area (Å²) in [4.78, 5) is 17.2. The number of anilines is 1. The largest absolute Gasteiger partial charge is 0.495 e. The van der Waals surface area contributed by atoms with Crippen LogP contribution in [0.25, 0.3) is 5.65 Å². The van der Waals surface area contributed by atoms with E-state index in [0.29, 0.717) is 27.8 Å². The molecule has 0 atom stereocenters. The van der Waals surface area contributed by atoms with Crippen LogP contribution in [0.4, 0.5) is 5.69 Å². The molecule has 23 heavy (non-hydrogen) atoms. The van der Waals surface area contributed by atoms with Crippen molar-refractivity contribution in [1.82, 2.24) is 9.38 Å². The number of aromatic nitrogens is 2. The Bertz CT molecular complexity index is 902. The predicted octanol–water partition coefficient (Wildman–Crippen LogP) is 3.87. The van der Waals surface area contributed by atoms with E-state index in [2.05, 4.69) is 10.3 Å². The standard InChI is InChI=1S/C17H16ClN3O2/c1-10-5-4-8-21-15(11(2)19-16(10)21)17(22)20-13-9-12(18)6-7-14(13)23-3/h4-9H,1-3H3,(H,20,22). The Morgan fingerprint density at radius 3 is 2.83 bits per heavy atom. The summed E-state index contributed by atoms with van der Waals surface area (Å²) in [6.07, 6.45) is 1.83. The predicted molar refractivity (Wildman–Crippen MR) is 90.6 cm³/mol. The van der Waals surface area contributed by atoms with Gasteiger partial charge in [-0.3, -0.25) is 9.20 Å². The van der Waals surface area contributed by atoms with E-state index >= 15 is 0 Å². The zero-order valence-corrected chi connectivity index (χ0v) is 13.8. The molecule has 5 nitrogen and oxygen atoms in total. The molecule has 3 rings (SSSR count). The minimum atomic E-state index is -0.263. The fourth-order valence-electron chi connectivity index (χ4n) is 2.55. The molecule has 1 amide bonds. The first-order chi connectivity index (χ1) is 11.0. The molecule has 0 saturated carbocycles. The Morgan fingerprint density at radius 1 is 1.30 bits per heavy atom. The van der Waals surface area contributed by atoms with Crippen molar-refractivity contribution < 1.29 is 9.53 Å². The number of fused-ring (bicyclic) bond motifs is 1. The molecule has 0 saturated heterocycles. The molecular formula is C17H16ClN3O2. The first kappa shape index (κ1) is 15.4. The van der Waals surface area contributed by atoms with Gasteiger partial charge in [0.05, 0.1) is 18.5 Å². The number of hydrogen-bond acceptors (Lipinski definition) is 3. The SMILES string of the molecule is COc1ccc(Cl)cc1NC(=O)c1c(C)nc2c(C)cccn12. The van der Waals surface area contributed by atoms with Crippen LogP contribution in [-0.4, -0.2) is 22.4 Å². The van der Waals surface area contributed by atoms with Crippen LogP contribution in [0.15, 0.2) is 36.5 Å². The van der Waals surface area contributed by atoms with Crippen LogP contribution in [0.1, 0.15) is 21.7 Å². The monoisotopic (exact) mass is 329 g/mol. The van der Waals surface area contributed by atoms with Gasteiger partial charge >= 0.3 is 0 Å².